The number of carboxylic acid groups (broad SMARTS) is 1. The summed E-state index contributed by atoms with van der Waals surface area (Å²) >= 11 is 0. The molecule has 0 bridgehead atoms. The van der Waals surface area contributed by atoms with E-state index >= 15 is 0 Å². The second kappa shape index (κ2) is 5.48. The summed E-state index contributed by atoms with van der Waals surface area (Å²) in [6, 6.07) is 8.68. The van der Waals surface area contributed by atoms with Gasteiger partial charge in [0.1, 0.15) is 0 Å². The maximum Gasteiger partial charge on any atom is 0.311 e. The van der Waals surface area contributed by atoms with E-state index in [1.54, 1.807) is 30.3 Å². The van der Waals surface area contributed by atoms with E-state index in [1.807, 2.05) is 0 Å². The Morgan fingerprint density at radius 3 is 2.33 bits per heavy atom. The maximum absolute atomic E-state index is 11.0. The SMILES string of the molecule is O=C(O)C(CC(O)CO)c1ccccc1. The lowest BCUT2D eigenvalue weighted by Gasteiger charge is -2.15. The third-order valence-electron chi connectivity index (χ3n) is 2.22. The van der Waals surface area contributed by atoms with Gasteiger partial charge < -0.3 is 15.3 Å². The standard InChI is InChI=1S/C11H14O4/c12-7-9(13)6-10(11(14)15)8-4-2-1-3-5-8/h1-5,9-10,12-13H,6-7H2,(H,14,15). The zero-order valence-electron chi connectivity index (χ0n) is 8.21. The van der Waals surface area contributed by atoms with Crippen molar-refractivity contribution < 1.29 is 20.1 Å². The lowest BCUT2D eigenvalue weighted by Crippen LogP contribution is -2.21. The number of hydrogen-bond acceptors (Lipinski definition) is 3. The highest BCUT2D eigenvalue weighted by atomic mass is 16.4. The van der Waals surface area contributed by atoms with Gasteiger partial charge in [0.2, 0.25) is 0 Å². The molecule has 0 heterocycles. The third-order valence-corrected chi connectivity index (χ3v) is 2.22. The van der Waals surface area contributed by atoms with E-state index < -0.39 is 24.6 Å². The van der Waals surface area contributed by atoms with Crippen LogP contribution >= 0.6 is 0 Å². The summed E-state index contributed by atoms with van der Waals surface area (Å²) in [7, 11) is 0. The van der Waals surface area contributed by atoms with Gasteiger partial charge in [-0.05, 0) is 12.0 Å². The molecule has 1 aromatic carbocycles. The van der Waals surface area contributed by atoms with Crippen LogP contribution in [0.4, 0.5) is 0 Å². The van der Waals surface area contributed by atoms with Crippen LogP contribution in [0.2, 0.25) is 0 Å². The normalized spacial score (nSPS) is 14.5. The van der Waals surface area contributed by atoms with E-state index in [0.717, 1.165) is 0 Å². The van der Waals surface area contributed by atoms with Crippen LogP contribution in [0, 0.1) is 0 Å². The van der Waals surface area contributed by atoms with Crippen molar-refractivity contribution in [3.05, 3.63) is 35.9 Å². The Hall–Kier alpha value is -1.39. The van der Waals surface area contributed by atoms with E-state index in [9.17, 15) is 9.90 Å². The minimum atomic E-state index is -0.994. The molecule has 4 heteroatoms. The van der Waals surface area contributed by atoms with Crippen LogP contribution in [0.5, 0.6) is 0 Å². The molecule has 0 fully saturated rings. The number of rotatable bonds is 5. The van der Waals surface area contributed by atoms with Gasteiger partial charge in [-0.15, -0.1) is 0 Å². The van der Waals surface area contributed by atoms with Crippen LogP contribution in [0.1, 0.15) is 17.9 Å². The first-order valence-corrected chi connectivity index (χ1v) is 4.71. The average Bonchev–Trinajstić information content (AvgIpc) is 2.26. The topological polar surface area (TPSA) is 77.8 Å². The summed E-state index contributed by atoms with van der Waals surface area (Å²) in [5, 5.41) is 26.9. The fraction of sp³-hybridized carbons (Fsp3) is 0.364. The molecule has 0 radical (unpaired) electrons. The highest BCUT2D eigenvalue weighted by Gasteiger charge is 2.22. The molecule has 0 spiro atoms. The lowest BCUT2D eigenvalue weighted by atomic mass is 9.93. The highest BCUT2D eigenvalue weighted by molar-refractivity contribution is 5.76. The molecule has 0 amide bonds. The Kier molecular flexibility index (Phi) is 4.27. The Balaban J connectivity index is 2.80. The monoisotopic (exact) mass is 210 g/mol. The third kappa shape index (κ3) is 3.34. The summed E-state index contributed by atoms with van der Waals surface area (Å²) in [5.41, 5.74) is 0.637. The summed E-state index contributed by atoms with van der Waals surface area (Å²) < 4.78 is 0. The van der Waals surface area contributed by atoms with Crippen molar-refractivity contribution in [2.45, 2.75) is 18.4 Å². The Morgan fingerprint density at radius 1 is 1.27 bits per heavy atom. The molecule has 2 atom stereocenters. The molecule has 0 saturated carbocycles. The zero-order chi connectivity index (χ0) is 11.3. The van der Waals surface area contributed by atoms with E-state index in [-0.39, 0.29) is 6.42 Å². The number of hydrogen-bond donors (Lipinski definition) is 3. The summed E-state index contributed by atoms with van der Waals surface area (Å²) in [6.45, 7) is -0.420. The average molecular weight is 210 g/mol. The summed E-state index contributed by atoms with van der Waals surface area (Å²) in [6.07, 6.45) is -0.971. The zero-order valence-corrected chi connectivity index (χ0v) is 8.21. The van der Waals surface area contributed by atoms with E-state index in [1.165, 1.54) is 0 Å². The van der Waals surface area contributed by atoms with Gasteiger partial charge in [-0.3, -0.25) is 4.79 Å². The second-order valence-corrected chi connectivity index (χ2v) is 3.37. The molecule has 15 heavy (non-hydrogen) atoms. The van der Waals surface area contributed by atoms with E-state index in [2.05, 4.69) is 0 Å². The van der Waals surface area contributed by atoms with Crippen LogP contribution in [-0.2, 0) is 4.79 Å². The molecule has 1 aromatic rings. The van der Waals surface area contributed by atoms with Gasteiger partial charge in [0.05, 0.1) is 18.6 Å². The highest BCUT2D eigenvalue weighted by Crippen LogP contribution is 2.21. The second-order valence-electron chi connectivity index (χ2n) is 3.37. The van der Waals surface area contributed by atoms with Gasteiger partial charge in [-0.2, -0.15) is 0 Å². The number of aliphatic hydroxyl groups is 2. The molecule has 0 aromatic heterocycles. The first-order chi connectivity index (χ1) is 7.15. The molecular formula is C11H14O4. The number of carbonyl (C=O) groups is 1. The van der Waals surface area contributed by atoms with Crippen LogP contribution in [-0.4, -0.2) is 34.0 Å². The molecule has 1 rings (SSSR count). The van der Waals surface area contributed by atoms with Crippen molar-refractivity contribution in [2.24, 2.45) is 0 Å². The predicted molar refractivity (Wildman–Crippen MR) is 54.5 cm³/mol. The van der Waals surface area contributed by atoms with Crippen molar-refractivity contribution in [1.82, 2.24) is 0 Å². The quantitative estimate of drug-likeness (QED) is 0.665. The van der Waals surface area contributed by atoms with Gasteiger partial charge >= 0.3 is 5.97 Å². The first kappa shape index (κ1) is 11.7. The first-order valence-electron chi connectivity index (χ1n) is 4.71. The van der Waals surface area contributed by atoms with Crippen molar-refractivity contribution in [1.29, 1.82) is 0 Å². The lowest BCUT2D eigenvalue weighted by molar-refractivity contribution is -0.139. The molecule has 0 aliphatic heterocycles. The van der Waals surface area contributed by atoms with Crippen LogP contribution in [0.3, 0.4) is 0 Å². The van der Waals surface area contributed by atoms with Gasteiger partial charge in [0.15, 0.2) is 0 Å². The smallest absolute Gasteiger partial charge is 0.311 e. The van der Waals surface area contributed by atoms with Gasteiger partial charge in [0, 0.05) is 0 Å². The van der Waals surface area contributed by atoms with Crippen molar-refractivity contribution in [3.8, 4) is 0 Å². The molecule has 0 aliphatic carbocycles. The summed E-state index contributed by atoms with van der Waals surface area (Å²) in [5.74, 6) is -1.76. The number of benzene rings is 1. The van der Waals surface area contributed by atoms with Gasteiger partial charge in [0.25, 0.3) is 0 Å². The fourth-order valence-electron chi connectivity index (χ4n) is 1.41. The molecule has 0 aliphatic rings. The van der Waals surface area contributed by atoms with Gasteiger partial charge in [-0.25, -0.2) is 0 Å². The van der Waals surface area contributed by atoms with Crippen molar-refractivity contribution >= 4 is 5.97 Å². The number of aliphatic carboxylic acids is 1. The Morgan fingerprint density at radius 2 is 1.87 bits per heavy atom. The Bertz CT molecular complexity index is 310. The van der Waals surface area contributed by atoms with Crippen LogP contribution in [0.25, 0.3) is 0 Å². The molecule has 4 nitrogen and oxygen atoms in total. The van der Waals surface area contributed by atoms with Crippen molar-refractivity contribution in [2.75, 3.05) is 6.61 Å². The number of carboxylic acids is 1. The molecule has 0 saturated heterocycles. The van der Waals surface area contributed by atoms with Crippen molar-refractivity contribution in [3.63, 3.8) is 0 Å². The van der Waals surface area contributed by atoms with Crippen LogP contribution < -0.4 is 0 Å². The molecule has 82 valence electrons. The van der Waals surface area contributed by atoms with Gasteiger partial charge in [-0.1, -0.05) is 30.3 Å². The summed E-state index contributed by atoms with van der Waals surface area (Å²) in [4.78, 5) is 11.0. The van der Waals surface area contributed by atoms with Crippen LogP contribution in [0.15, 0.2) is 30.3 Å². The minimum Gasteiger partial charge on any atom is -0.481 e. The fourth-order valence-corrected chi connectivity index (χ4v) is 1.41. The molecular weight excluding hydrogens is 196 g/mol. The largest absolute Gasteiger partial charge is 0.481 e. The molecule has 3 N–H and O–H groups in total. The molecule has 2 unspecified atom stereocenters. The maximum atomic E-state index is 11.0. The van der Waals surface area contributed by atoms with E-state index in [4.69, 9.17) is 10.2 Å². The Labute approximate surface area is 87.8 Å². The minimum absolute atomic E-state index is 0.0237. The predicted octanol–water partition coefficient (Wildman–Crippen LogP) is 0.598. The van der Waals surface area contributed by atoms with E-state index in [0.29, 0.717) is 5.56 Å². The number of aliphatic hydroxyl groups excluding tert-OH is 2.